The van der Waals surface area contributed by atoms with Crippen LogP contribution in [0, 0.1) is 0 Å². The Morgan fingerprint density at radius 2 is 1.00 bits per heavy atom. The van der Waals surface area contributed by atoms with Gasteiger partial charge < -0.3 is 10.6 Å². The van der Waals surface area contributed by atoms with Crippen molar-refractivity contribution < 1.29 is 9.59 Å². The van der Waals surface area contributed by atoms with Gasteiger partial charge in [-0.15, -0.1) is 0 Å². The number of hydrogen-bond donors (Lipinski definition) is 2. The van der Waals surface area contributed by atoms with E-state index in [2.05, 4.69) is 10.6 Å². The van der Waals surface area contributed by atoms with E-state index in [0.717, 1.165) is 22.3 Å². The van der Waals surface area contributed by atoms with Gasteiger partial charge >= 0.3 is 0 Å². The smallest absolute Gasteiger partial charge is 0.221 e. The van der Waals surface area contributed by atoms with Gasteiger partial charge in [-0.25, -0.2) is 0 Å². The number of benzene rings is 3. The molecule has 150 valence electrons. The van der Waals surface area contributed by atoms with Crippen LogP contribution in [0.1, 0.15) is 36.1 Å². The lowest BCUT2D eigenvalue weighted by Crippen LogP contribution is -2.11. The zero-order valence-corrected chi connectivity index (χ0v) is 17.1. The fourth-order valence-electron chi connectivity index (χ4n) is 3.01. The predicted octanol–water partition coefficient (Wildman–Crippen LogP) is 5.94. The van der Waals surface area contributed by atoms with Crippen LogP contribution in [0.25, 0.3) is 24.3 Å². The summed E-state index contributed by atoms with van der Waals surface area (Å²) >= 11 is 0. The molecule has 30 heavy (non-hydrogen) atoms. The Hall–Kier alpha value is -3.92. The maximum absolute atomic E-state index is 11.7. The molecule has 2 amide bonds. The third-order valence-corrected chi connectivity index (χ3v) is 4.35. The summed E-state index contributed by atoms with van der Waals surface area (Å²) in [5.41, 5.74) is 5.06. The molecule has 0 aliphatic rings. The summed E-state index contributed by atoms with van der Waals surface area (Å²) in [4.78, 5) is 23.5. The molecule has 4 nitrogen and oxygen atoms in total. The maximum Gasteiger partial charge on any atom is 0.221 e. The lowest BCUT2D eigenvalue weighted by Gasteiger charge is -2.14. The van der Waals surface area contributed by atoms with Crippen molar-refractivity contribution in [2.75, 3.05) is 10.6 Å². The lowest BCUT2D eigenvalue weighted by atomic mass is 10.0. The summed E-state index contributed by atoms with van der Waals surface area (Å²) in [5, 5.41) is 5.72. The highest BCUT2D eigenvalue weighted by Crippen LogP contribution is 2.29. The summed E-state index contributed by atoms with van der Waals surface area (Å²) in [6.07, 6.45) is 7.89. The molecule has 0 aliphatic carbocycles. The number of anilines is 2. The van der Waals surface area contributed by atoms with Gasteiger partial charge in [0.25, 0.3) is 0 Å². The van der Waals surface area contributed by atoms with Crippen molar-refractivity contribution in [3.8, 4) is 0 Å². The average molecular weight is 396 g/mol. The number of amides is 2. The van der Waals surface area contributed by atoms with E-state index < -0.39 is 0 Å². The fourth-order valence-corrected chi connectivity index (χ4v) is 3.01. The Balaban J connectivity index is 2.06. The monoisotopic (exact) mass is 396 g/mol. The molecule has 3 aromatic rings. The molecule has 0 atom stereocenters. The maximum atomic E-state index is 11.7. The molecule has 0 saturated heterocycles. The van der Waals surface area contributed by atoms with Crippen LogP contribution in [-0.4, -0.2) is 11.8 Å². The van der Waals surface area contributed by atoms with Gasteiger partial charge in [-0.05, 0) is 34.4 Å². The zero-order chi connectivity index (χ0) is 21.3. The number of nitrogens with one attached hydrogen (secondary N) is 2. The first-order valence-corrected chi connectivity index (χ1v) is 9.71. The largest absolute Gasteiger partial charge is 0.326 e. The highest BCUT2D eigenvalue weighted by Gasteiger charge is 2.10. The summed E-state index contributed by atoms with van der Waals surface area (Å²) in [6, 6.07) is 23.6. The van der Waals surface area contributed by atoms with Crippen molar-refractivity contribution in [2.45, 2.75) is 13.8 Å². The lowest BCUT2D eigenvalue weighted by molar-refractivity contribution is -0.115. The van der Waals surface area contributed by atoms with Crippen LogP contribution in [0.4, 0.5) is 11.4 Å². The molecule has 0 bridgehead atoms. The van der Waals surface area contributed by atoms with E-state index >= 15 is 0 Å². The summed E-state index contributed by atoms with van der Waals surface area (Å²) in [5.74, 6) is -0.351. The molecular weight excluding hydrogens is 372 g/mol. The SMILES string of the molecule is CC(=O)Nc1cc(NC(C)=O)c(/C=C/c2ccccc2)cc1/C=C/c1ccccc1. The second-order valence-electron chi connectivity index (χ2n) is 6.88. The third kappa shape index (κ3) is 6.04. The minimum Gasteiger partial charge on any atom is -0.326 e. The molecule has 0 aromatic heterocycles. The number of carbonyl (C=O) groups excluding carboxylic acids is 2. The van der Waals surface area contributed by atoms with Gasteiger partial charge in [-0.1, -0.05) is 85.0 Å². The topological polar surface area (TPSA) is 58.2 Å². The molecule has 3 aromatic carbocycles. The van der Waals surface area contributed by atoms with Gasteiger partial charge in [0.2, 0.25) is 11.8 Å². The van der Waals surface area contributed by atoms with Crippen molar-refractivity contribution in [3.63, 3.8) is 0 Å². The molecule has 0 unspecified atom stereocenters. The molecule has 4 heteroatoms. The minimum absolute atomic E-state index is 0.175. The molecule has 0 spiro atoms. The number of rotatable bonds is 6. The van der Waals surface area contributed by atoms with Crippen molar-refractivity contribution >= 4 is 47.5 Å². The Labute approximate surface area is 177 Å². The fraction of sp³-hybridized carbons (Fsp3) is 0.0769. The Morgan fingerprint density at radius 1 is 0.600 bits per heavy atom. The van der Waals surface area contributed by atoms with E-state index in [1.165, 1.54) is 13.8 Å². The van der Waals surface area contributed by atoms with E-state index in [1.54, 1.807) is 6.07 Å². The molecule has 0 radical (unpaired) electrons. The second kappa shape index (κ2) is 10.0. The first kappa shape index (κ1) is 20.8. The first-order valence-electron chi connectivity index (χ1n) is 9.71. The Bertz CT molecular complexity index is 1000. The Kier molecular flexibility index (Phi) is 6.95. The molecule has 2 N–H and O–H groups in total. The summed E-state index contributed by atoms with van der Waals surface area (Å²) < 4.78 is 0. The number of carbonyl (C=O) groups is 2. The van der Waals surface area contributed by atoms with E-state index in [4.69, 9.17) is 0 Å². The van der Waals surface area contributed by atoms with Crippen molar-refractivity contribution in [3.05, 3.63) is 95.1 Å². The van der Waals surface area contributed by atoms with Crippen LogP contribution in [0.5, 0.6) is 0 Å². The zero-order valence-electron chi connectivity index (χ0n) is 17.1. The van der Waals surface area contributed by atoms with Crippen LogP contribution in [0.3, 0.4) is 0 Å². The van der Waals surface area contributed by atoms with E-state index in [1.807, 2.05) is 91.0 Å². The van der Waals surface area contributed by atoms with Crippen LogP contribution in [-0.2, 0) is 9.59 Å². The second-order valence-corrected chi connectivity index (χ2v) is 6.88. The van der Waals surface area contributed by atoms with Gasteiger partial charge in [-0.2, -0.15) is 0 Å². The van der Waals surface area contributed by atoms with Crippen LogP contribution in [0.15, 0.2) is 72.8 Å². The van der Waals surface area contributed by atoms with Crippen LogP contribution in [0.2, 0.25) is 0 Å². The van der Waals surface area contributed by atoms with Crippen molar-refractivity contribution in [1.82, 2.24) is 0 Å². The highest BCUT2D eigenvalue weighted by atomic mass is 16.2. The normalized spacial score (nSPS) is 11.0. The van der Waals surface area contributed by atoms with Crippen LogP contribution < -0.4 is 10.6 Å². The van der Waals surface area contributed by atoms with Gasteiger partial charge in [0.15, 0.2) is 0 Å². The van der Waals surface area contributed by atoms with Gasteiger partial charge in [0, 0.05) is 13.8 Å². The quantitative estimate of drug-likeness (QED) is 0.506. The molecule has 0 fully saturated rings. The standard InChI is InChI=1S/C26H24N2O2/c1-19(29)27-25-18-26(28-20(2)30)24(16-14-22-11-7-4-8-12-22)17-23(25)15-13-21-9-5-3-6-10-21/h3-18H,1-2H3,(H,27,29)(H,28,30)/b15-13+,16-14+. The summed E-state index contributed by atoms with van der Waals surface area (Å²) in [7, 11) is 0. The Morgan fingerprint density at radius 3 is 1.37 bits per heavy atom. The van der Waals surface area contributed by atoms with E-state index in [9.17, 15) is 9.59 Å². The molecule has 3 rings (SSSR count). The number of hydrogen-bond acceptors (Lipinski definition) is 2. The molecular formula is C26H24N2O2. The first-order chi connectivity index (χ1) is 14.5. The minimum atomic E-state index is -0.175. The molecule has 0 saturated carbocycles. The van der Waals surface area contributed by atoms with E-state index in [-0.39, 0.29) is 11.8 Å². The van der Waals surface area contributed by atoms with Crippen LogP contribution >= 0.6 is 0 Å². The van der Waals surface area contributed by atoms with E-state index in [0.29, 0.717) is 11.4 Å². The molecule has 0 aliphatic heterocycles. The highest BCUT2D eigenvalue weighted by molar-refractivity contribution is 5.98. The van der Waals surface area contributed by atoms with Crippen molar-refractivity contribution in [2.24, 2.45) is 0 Å². The predicted molar refractivity (Wildman–Crippen MR) is 126 cm³/mol. The van der Waals surface area contributed by atoms with Gasteiger partial charge in [-0.3, -0.25) is 9.59 Å². The summed E-state index contributed by atoms with van der Waals surface area (Å²) in [6.45, 7) is 2.93. The third-order valence-electron chi connectivity index (χ3n) is 4.35. The molecule has 0 heterocycles. The van der Waals surface area contributed by atoms with Gasteiger partial charge in [0.1, 0.15) is 0 Å². The van der Waals surface area contributed by atoms with Gasteiger partial charge in [0.05, 0.1) is 11.4 Å². The average Bonchev–Trinajstić information content (AvgIpc) is 2.73. The van der Waals surface area contributed by atoms with Crippen molar-refractivity contribution in [1.29, 1.82) is 0 Å².